The van der Waals surface area contributed by atoms with E-state index in [-0.39, 0.29) is 18.7 Å². The fourth-order valence-corrected chi connectivity index (χ4v) is 2.47. The number of rotatable bonds is 4. The minimum atomic E-state index is -0.488. The third-order valence-electron chi connectivity index (χ3n) is 3.28. The minimum Gasteiger partial charge on any atom is -0.444 e. The number of aromatic nitrogens is 2. The first kappa shape index (κ1) is 17.0. The number of hydrogen-bond acceptors (Lipinski definition) is 5. The van der Waals surface area contributed by atoms with Gasteiger partial charge in [0.2, 0.25) is 0 Å². The van der Waals surface area contributed by atoms with Gasteiger partial charge in [0.1, 0.15) is 11.3 Å². The van der Waals surface area contributed by atoms with Gasteiger partial charge in [-0.25, -0.2) is 9.78 Å². The molecule has 1 unspecified atom stereocenters. The Kier molecular flexibility index (Phi) is 5.58. The molecule has 1 aromatic heterocycles. The first-order valence-electron chi connectivity index (χ1n) is 7.39. The second-order valence-corrected chi connectivity index (χ2v) is 6.64. The Bertz CT molecular complexity index is 519. The third kappa shape index (κ3) is 4.81. The number of likely N-dealkylation sites (tertiary alicyclic amines) is 1. The van der Waals surface area contributed by atoms with Crippen LogP contribution in [0.3, 0.4) is 0 Å². The molecule has 0 aliphatic carbocycles. The Morgan fingerprint density at radius 2 is 2.14 bits per heavy atom. The van der Waals surface area contributed by atoms with Crippen molar-refractivity contribution in [2.24, 2.45) is 0 Å². The standard InChI is InChI=1S/C15H22ClN3O3/c1-15(2,3)22-14(20)19-8-4-5-11(19)9-21-10-12-13(16)18-7-6-17-12/h6-7,11H,4-5,8-10H2,1-3H3. The van der Waals surface area contributed by atoms with Crippen LogP contribution < -0.4 is 0 Å². The van der Waals surface area contributed by atoms with Crippen LogP contribution in [0.4, 0.5) is 4.79 Å². The molecule has 1 fully saturated rings. The number of carbonyl (C=O) groups is 1. The van der Waals surface area contributed by atoms with E-state index in [2.05, 4.69) is 9.97 Å². The summed E-state index contributed by atoms with van der Waals surface area (Å²) in [4.78, 5) is 22.0. The first-order valence-corrected chi connectivity index (χ1v) is 7.77. The molecule has 0 bridgehead atoms. The lowest BCUT2D eigenvalue weighted by Gasteiger charge is -2.28. The van der Waals surface area contributed by atoms with E-state index in [0.29, 0.717) is 24.0 Å². The molecule has 6 nitrogen and oxygen atoms in total. The number of nitrogens with zero attached hydrogens (tertiary/aromatic N) is 3. The Morgan fingerprint density at radius 3 is 2.82 bits per heavy atom. The van der Waals surface area contributed by atoms with E-state index in [1.165, 1.54) is 6.20 Å². The topological polar surface area (TPSA) is 64.5 Å². The molecular formula is C15H22ClN3O3. The van der Waals surface area contributed by atoms with Crippen molar-refractivity contribution in [2.75, 3.05) is 13.2 Å². The Morgan fingerprint density at radius 1 is 1.41 bits per heavy atom. The summed E-state index contributed by atoms with van der Waals surface area (Å²) in [6, 6.07) is 0.0327. The Hall–Kier alpha value is -1.40. The molecule has 1 aromatic rings. The maximum absolute atomic E-state index is 12.2. The zero-order chi connectivity index (χ0) is 16.2. The van der Waals surface area contributed by atoms with Crippen molar-refractivity contribution in [1.82, 2.24) is 14.9 Å². The van der Waals surface area contributed by atoms with Crippen LogP contribution in [0.15, 0.2) is 12.4 Å². The van der Waals surface area contributed by atoms with Gasteiger partial charge in [-0.2, -0.15) is 0 Å². The molecule has 22 heavy (non-hydrogen) atoms. The molecule has 1 amide bonds. The highest BCUT2D eigenvalue weighted by Crippen LogP contribution is 2.21. The predicted octanol–water partition coefficient (Wildman–Crippen LogP) is 3.05. The Balaban J connectivity index is 1.84. The summed E-state index contributed by atoms with van der Waals surface area (Å²) in [7, 11) is 0. The van der Waals surface area contributed by atoms with Crippen molar-refractivity contribution in [3.8, 4) is 0 Å². The average Bonchev–Trinajstić information content (AvgIpc) is 2.87. The summed E-state index contributed by atoms with van der Waals surface area (Å²) in [6.07, 6.45) is 4.70. The summed E-state index contributed by atoms with van der Waals surface area (Å²) < 4.78 is 11.1. The molecule has 7 heteroatoms. The molecule has 1 aliphatic rings. The van der Waals surface area contributed by atoms with Gasteiger partial charge in [-0.05, 0) is 33.6 Å². The smallest absolute Gasteiger partial charge is 0.410 e. The van der Waals surface area contributed by atoms with Crippen molar-refractivity contribution in [3.05, 3.63) is 23.2 Å². The maximum atomic E-state index is 12.2. The van der Waals surface area contributed by atoms with Gasteiger partial charge >= 0.3 is 6.09 Å². The van der Waals surface area contributed by atoms with E-state index in [9.17, 15) is 4.79 Å². The fraction of sp³-hybridized carbons (Fsp3) is 0.667. The van der Waals surface area contributed by atoms with Crippen LogP contribution in [0.2, 0.25) is 5.15 Å². The van der Waals surface area contributed by atoms with E-state index in [1.807, 2.05) is 20.8 Å². The molecule has 2 rings (SSSR count). The number of carbonyl (C=O) groups excluding carboxylic acids is 1. The molecule has 1 saturated heterocycles. The van der Waals surface area contributed by atoms with Gasteiger partial charge in [-0.15, -0.1) is 0 Å². The lowest BCUT2D eigenvalue weighted by molar-refractivity contribution is 0.00854. The average molecular weight is 328 g/mol. The minimum absolute atomic E-state index is 0.0327. The molecule has 2 heterocycles. The SMILES string of the molecule is CC(C)(C)OC(=O)N1CCCC1COCc1nccnc1Cl. The summed E-state index contributed by atoms with van der Waals surface area (Å²) in [5.41, 5.74) is 0.115. The van der Waals surface area contributed by atoms with Gasteiger partial charge in [0.05, 0.1) is 19.3 Å². The zero-order valence-electron chi connectivity index (χ0n) is 13.2. The first-order chi connectivity index (χ1) is 10.4. The van der Waals surface area contributed by atoms with Crippen LogP contribution in [0.1, 0.15) is 39.3 Å². The molecule has 0 saturated carbocycles. The summed E-state index contributed by atoms with van der Waals surface area (Å²) in [5, 5.41) is 0.345. The predicted molar refractivity (Wildman–Crippen MR) is 82.7 cm³/mol. The third-order valence-corrected chi connectivity index (χ3v) is 3.59. The van der Waals surface area contributed by atoms with Gasteiger partial charge in [0.15, 0.2) is 5.15 Å². The zero-order valence-corrected chi connectivity index (χ0v) is 14.0. The van der Waals surface area contributed by atoms with E-state index < -0.39 is 5.60 Å². The molecular weight excluding hydrogens is 306 g/mol. The number of amides is 1. The largest absolute Gasteiger partial charge is 0.444 e. The summed E-state index contributed by atoms with van der Waals surface area (Å²) in [5.74, 6) is 0. The highest BCUT2D eigenvalue weighted by molar-refractivity contribution is 6.29. The van der Waals surface area contributed by atoms with Gasteiger partial charge in [0.25, 0.3) is 0 Å². The van der Waals surface area contributed by atoms with Gasteiger partial charge in [-0.1, -0.05) is 11.6 Å². The number of halogens is 1. The highest BCUT2D eigenvalue weighted by atomic mass is 35.5. The number of ether oxygens (including phenoxy) is 2. The van der Waals surface area contributed by atoms with E-state index in [0.717, 1.165) is 12.8 Å². The van der Waals surface area contributed by atoms with E-state index >= 15 is 0 Å². The monoisotopic (exact) mass is 327 g/mol. The summed E-state index contributed by atoms with van der Waals surface area (Å²) in [6.45, 7) is 7.01. The molecule has 0 spiro atoms. The molecule has 0 aromatic carbocycles. The van der Waals surface area contributed by atoms with Crippen molar-refractivity contribution < 1.29 is 14.3 Å². The normalized spacial score (nSPS) is 18.5. The van der Waals surface area contributed by atoms with Crippen molar-refractivity contribution in [3.63, 3.8) is 0 Å². The second-order valence-electron chi connectivity index (χ2n) is 6.28. The second kappa shape index (κ2) is 7.24. The van der Waals surface area contributed by atoms with Crippen LogP contribution in [0.5, 0.6) is 0 Å². The molecule has 0 N–H and O–H groups in total. The quantitative estimate of drug-likeness (QED) is 0.850. The van der Waals surface area contributed by atoms with Crippen LogP contribution in [0.25, 0.3) is 0 Å². The van der Waals surface area contributed by atoms with E-state index in [4.69, 9.17) is 21.1 Å². The maximum Gasteiger partial charge on any atom is 0.410 e. The Labute approximate surface area is 135 Å². The molecule has 1 atom stereocenters. The van der Waals surface area contributed by atoms with Crippen molar-refractivity contribution >= 4 is 17.7 Å². The lowest BCUT2D eigenvalue weighted by Crippen LogP contribution is -2.41. The van der Waals surface area contributed by atoms with Crippen LogP contribution in [0, 0.1) is 0 Å². The van der Waals surface area contributed by atoms with Crippen LogP contribution >= 0.6 is 11.6 Å². The summed E-state index contributed by atoms with van der Waals surface area (Å²) >= 11 is 5.93. The molecule has 0 radical (unpaired) electrons. The highest BCUT2D eigenvalue weighted by Gasteiger charge is 2.32. The van der Waals surface area contributed by atoms with Crippen LogP contribution in [-0.4, -0.2) is 45.8 Å². The fourth-order valence-electron chi connectivity index (χ4n) is 2.31. The van der Waals surface area contributed by atoms with Crippen LogP contribution in [-0.2, 0) is 16.1 Å². The molecule has 122 valence electrons. The van der Waals surface area contributed by atoms with Crippen molar-refractivity contribution in [1.29, 1.82) is 0 Å². The van der Waals surface area contributed by atoms with Crippen molar-refractivity contribution in [2.45, 2.75) is 51.9 Å². The van der Waals surface area contributed by atoms with Gasteiger partial charge < -0.3 is 14.4 Å². The van der Waals surface area contributed by atoms with Gasteiger partial charge in [0, 0.05) is 18.9 Å². The molecule has 1 aliphatic heterocycles. The number of hydrogen-bond donors (Lipinski definition) is 0. The lowest BCUT2D eigenvalue weighted by atomic mass is 10.2. The van der Waals surface area contributed by atoms with E-state index in [1.54, 1.807) is 11.1 Å². The van der Waals surface area contributed by atoms with Gasteiger partial charge in [-0.3, -0.25) is 4.98 Å².